The summed E-state index contributed by atoms with van der Waals surface area (Å²) < 4.78 is 17.4. The van der Waals surface area contributed by atoms with Gasteiger partial charge >= 0.3 is 0 Å². The van der Waals surface area contributed by atoms with Crippen LogP contribution in [0.15, 0.2) is 66.4 Å². The van der Waals surface area contributed by atoms with Gasteiger partial charge in [0.15, 0.2) is 5.76 Å². The third-order valence-electron chi connectivity index (χ3n) is 5.69. The smallest absolute Gasteiger partial charge is 0.231 e. The van der Waals surface area contributed by atoms with Gasteiger partial charge in [-0.15, -0.1) is 0 Å². The third kappa shape index (κ3) is 4.26. The van der Waals surface area contributed by atoms with Crippen LogP contribution >= 0.6 is 0 Å². The van der Waals surface area contributed by atoms with Crippen molar-refractivity contribution in [2.24, 2.45) is 0 Å². The Balaban J connectivity index is 1.55. The first-order valence-corrected chi connectivity index (χ1v) is 10.7. The fourth-order valence-electron chi connectivity index (χ4n) is 3.73. The van der Waals surface area contributed by atoms with E-state index in [1.807, 2.05) is 49.4 Å². The van der Waals surface area contributed by atoms with Crippen molar-refractivity contribution >= 4 is 11.9 Å². The first-order chi connectivity index (χ1) is 15.3. The van der Waals surface area contributed by atoms with Crippen LogP contribution in [0.5, 0.6) is 17.2 Å². The molecule has 1 aliphatic heterocycles. The van der Waals surface area contributed by atoms with Gasteiger partial charge in [0.25, 0.3) is 0 Å². The lowest BCUT2D eigenvalue weighted by Gasteiger charge is -2.18. The van der Waals surface area contributed by atoms with E-state index in [1.54, 1.807) is 19.3 Å². The van der Waals surface area contributed by atoms with Gasteiger partial charge in [-0.3, -0.25) is 4.79 Å². The summed E-state index contributed by atoms with van der Waals surface area (Å²) in [7, 11) is 1.64. The maximum absolute atomic E-state index is 12.9. The average molecular weight is 429 g/mol. The van der Waals surface area contributed by atoms with E-state index in [4.69, 9.17) is 14.2 Å². The molecule has 0 fully saturated rings. The van der Waals surface area contributed by atoms with E-state index in [0.29, 0.717) is 29.4 Å². The van der Waals surface area contributed by atoms with Crippen LogP contribution in [0.1, 0.15) is 53.4 Å². The lowest BCUT2D eigenvalue weighted by molar-refractivity contribution is 0.101. The standard InChI is InChI=1S/C28H28O4/c1-18-23(31-17-20-8-6-7-9-24(20)30-5)15-14-22-26(29)25(32-27(18)22)16-19-10-12-21(13-11-19)28(2,3)4/h6-16H,17H2,1-5H3/b25-16-. The van der Waals surface area contributed by atoms with Gasteiger partial charge in [-0.2, -0.15) is 0 Å². The lowest BCUT2D eigenvalue weighted by Crippen LogP contribution is -2.10. The number of hydrogen-bond acceptors (Lipinski definition) is 4. The number of benzene rings is 3. The third-order valence-corrected chi connectivity index (χ3v) is 5.69. The number of carbonyl (C=O) groups excluding carboxylic acids is 1. The highest BCUT2D eigenvalue weighted by atomic mass is 16.5. The summed E-state index contributed by atoms with van der Waals surface area (Å²) in [6.45, 7) is 8.80. The summed E-state index contributed by atoms with van der Waals surface area (Å²) in [5, 5.41) is 0. The van der Waals surface area contributed by atoms with E-state index in [1.165, 1.54) is 5.56 Å². The van der Waals surface area contributed by atoms with E-state index in [9.17, 15) is 4.79 Å². The Morgan fingerprint density at radius 1 is 0.938 bits per heavy atom. The highest BCUT2D eigenvalue weighted by Crippen LogP contribution is 2.39. The topological polar surface area (TPSA) is 44.8 Å². The minimum absolute atomic E-state index is 0.0822. The molecule has 164 valence electrons. The molecule has 0 saturated carbocycles. The predicted molar refractivity (Wildman–Crippen MR) is 127 cm³/mol. The van der Waals surface area contributed by atoms with Crippen molar-refractivity contribution in [3.05, 3.63) is 94.2 Å². The summed E-state index contributed by atoms with van der Waals surface area (Å²) in [4.78, 5) is 12.9. The van der Waals surface area contributed by atoms with Crippen LogP contribution in [0.2, 0.25) is 0 Å². The number of Topliss-reactive ketones (excluding diaryl/α,β-unsaturated/α-hetero) is 1. The molecule has 1 aliphatic rings. The van der Waals surface area contributed by atoms with Crippen molar-refractivity contribution < 1.29 is 19.0 Å². The molecule has 0 spiro atoms. The van der Waals surface area contributed by atoms with Gasteiger partial charge in [0, 0.05) is 11.1 Å². The zero-order valence-electron chi connectivity index (χ0n) is 19.2. The molecule has 1 heterocycles. The summed E-state index contributed by atoms with van der Waals surface area (Å²) in [6, 6.07) is 19.6. The van der Waals surface area contributed by atoms with Gasteiger partial charge in [0.1, 0.15) is 23.9 Å². The molecule has 4 rings (SSSR count). The minimum Gasteiger partial charge on any atom is -0.496 e. The molecule has 0 saturated heterocycles. The number of fused-ring (bicyclic) bond motifs is 1. The maximum atomic E-state index is 12.9. The Kier molecular flexibility index (Phi) is 5.79. The molecule has 32 heavy (non-hydrogen) atoms. The molecule has 0 bridgehead atoms. The molecule has 0 amide bonds. The van der Waals surface area contributed by atoms with E-state index in [0.717, 1.165) is 22.4 Å². The number of para-hydroxylation sites is 1. The van der Waals surface area contributed by atoms with Gasteiger partial charge in [-0.25, -0.2) is 0 Å². The lowest BCUT2D eigenvalue weighted by atomic mass is 9.86. The van der Waals surface area contributed by atoms with Crippen molar-refractivity contribution in [3.8, 4) is 17.2 Å². The second-order valence-corrected chi connectivity index (χ2v) is 8.98. The second kappa shape index (κ2) is 8.54. The molecule has 0 radical (unpaired) electrons. The largest absolute Gasteiger partial charge is 0.496 e. The molecule has 3 aromatic carbocycles. The number of ether oxygens (including phenoxy) is 3. The SMILES string of the molecule is COc1ccccc1COc1ccc2c(c1C)O/C(=C\c1ccc(C(C)(C)C)cc1)C2=O. The Morgan fingerprint density at radius 3 is 2.34 bits per heavy atom. The Hall–Kier alpha value is -3.53. The second-order valence-electron chi connectivity index (χ2n) is 8.98. The van der Waals surface area contributed by atoms with E-state index in [-0.39, 0.29) is 11.2 Å². The summed E-state index contributed by atoms with van der Waals surface area (Å²) in [5.74, 6) is 2.23. The molecule has 0 atom stereocenters. The molecule has 3 aromatic rings. The van der Waals surface area contributed by atoms with Crippen LogP contribution in [0.4, 0.5) is 0 Å². The molecule has 4 nitrogen and oxygen atoms in total. The van der Waals surface area contributed by atoms with Gasteiger partial charge < -0.3 is 14.2 Å². The molecule has 0 aliphatic carbocycles. The Bertz CT molecular complexity index is 1180. The molecule has 0 N–H and O–H groups in total. The monoisotopic (exact) mass is 428 g/mol. The molecule has 0 unspecified atom stereocenters. The zero-order chi connectivity index (χ0) is 22.9. The molecule has 4 heteroatoms. The van der Waals surface area contributed by atoms with E-state index >= 15 is 0 Å². The summed E-state index contributed by atoms with van der Waals surface area (Å²) in [5.41, 5.74) is 4.57. The van der Waals surface area contributed by atoms with Gasteiger partial charge in [-0.1, -0.05) is 63.2 Å². The molecular weight excluding hydrogens is 400 g/mol. The van der Waals surface area contributed by atoms with Crippen LogP contribution in [-0.4, -0.2) is 12.9 Å². The van der Waals surface area contributed by atoms with E-state index in [2.05, 4.69) is 32.9 Å². The van der Waals surface area contributed by atoms with Crippen LogP contribution in [0.25, 0.3) is 6.08 Å². The molecular formula is C28H28O4. The maximum Gasteiger partial charge on any atom is 0.231 e. The number of rotatable bonds is 5. The van der Waals surface area contributed by atoms with Gasteiger partial charge in [-0.05, 0) is 47.7 Å². The first kappa shape index (κ1) is 21.7. The zero-order valence-corrected chi connectivity index (χ0v) is 19.2. The predicted octanol–water partition coefficient (Wildman–Crippen LogP) is 6.50. The van der Waals surface area contributed by atoms with Crippen LogP contribution < -0.4 is 14.2 Å². The highest BCUT2D eigenvalue weighted by molar-refractivity contribution is 6.14. The van der Waals surface area contributed by atoms with Crippen LogP contribution in [-0.2, 0) is 12.0 Å². The summed E-state index contributed by atoms with van der Waals surface area (Å²) in [6.07, 6.45) is 1.80. The fraction of sp³-hybridized carbons (Fsp3) is 0.250. The quantitative estimate of drug-likeness (QED) is 0.435. The van der Waals surface area contributed by atoms with Crippen molar-refractivity contribution in [2.45, 2.75) is 39.7 Å². The van der Waals surface area contributed by atoms with Crippen molar-refractivity contribution in [2.75, 3.05) is 7.11 Å². The Morgan fingerprint density at radius 2 is 1.66 bits per heavy atom. The highest BCUT2D eigenvalue weighted by Gasteiger charge is 2.30. The van der Waals surface area contributed by atoms with Crippen molar-refractivity contribution in [1.29, 1.82) is 0 Å². The van der Waals surface area contributed by atoms with Crippen LogP contribution in [0, 0.1) is 6.92 Å². The van der Waals surface area contributed by atoms with Gasteiger partial charge in [0.2, 0.25) is 5.78 Å². The minimum atomic E-state index is -0.112. The van der Waals surface area contributed by atoms with Gasteiger partial charge in [0.05, 0.1) is 12.7 Å². The van der Waals surface area contributed by atoms with Crippen molar-refractivity contribution in [1.82, 2.24) is 0 Å². The number of allylic oxidation sites excluding steroid dienone is 1. The normalized spacial score (nSPS) is 14.3. The van der Waals surface area contributed by atoms with Crippen LogP contribution in [0.3, 0.4) is 0 Å². The fourth-order valence-corrected chi connectivity index (χ4v) is 3.73. The number of hydrogen-bond donors (Lipinski definition) is 0. The number of methoxy groups -OCH3 is 1. The van der Waals surface area contributed by atoms with E-state index < -0.39 is 0 Å². The number of carbonyl (C=O) groups is 1. The summed E-state index contributed by atoms with van der Waals surface area (Å²) >= 11 is 0. The molecule has 0 aromatic heterocycles. The Labute approximate surface area is 189 Å². The van der Waals surface area contributed by atoms with Crippen molar-refractivity contribution in [3.63, 3.8) is 0 Å². The number of ketones is 1. The average Bonchev–Trinajstić information content (AvgIpc) is 3.09. The first-order valence-electron chi connectivity index (χ1n) is 10.7.